The second-order valence-electron chi connectivity index (χ2n) is 6.29. The first-order valence-electron chi connectivity index (χ1n) is 8.44. The van der Waals surface area contributed by atoms with Gasteiger partial charge in [0, 0.05) is 11.3 Å². The molecule has 3 aromatic rings. The Morgan fingerprint density at radius 1 is 1.03 bits per heavy atom. The standard InChI is InChI=1S/C21H12Cl2FNO4/c22-14-8-3-11(10-15(14)23)19(26)17-18(16-2-1-9-29-16)25(21(28)20(17)27)13-6-4-12(24)5-7-13/h1-10,18,26H/b19-17-. The molecular formula is C21H12Cl2FNO4. The molecule has 2 heterocycles. The van der Waals surface area contributed by atoms with E-state index in [1.807, 2.05) is 0 Å². The van der Waals surface area contributed by atoms with Gasteiger partial charge in [0.05, 0.1) is 21.9 Å². The van der Waals surface area contributed by atoms with Crippen LogP contribution in [-0.2, 0) is 9.59 Å². The van der Waals surface area contributed by atoms with Crippen LogP contribution >= 0.6 is 23.2 Å². The number of hydrogen-bond donors (Lipinski definition) is 1. The van der Waals surface area contributed by atoms with Gasteiger partial charge in [0.2, 0.25) is 0 Å². The van der Waals surface area contributed by atoms with Crippen molar-refractivity contribution in [2.75, 3.05) is 4.90 Å². The molecule has 0 saturated carbocycles. The lowest BCUT2D eigenvalue weighted by molar-refractivity contribution is -0.132. The lowest BCUT2D eigenvalue weighted by Gasteiger charge is -2.23. The summed E-state index contributed by atoms with van der Waals surface area (Å²) < 4.78 is 18.8. The molecule has 146 valence electrons. The van der Waals surface area contributed by atoms with Gasteiger partial charge in [-0.3, -0.25) is 14.5 Å². The molecule has 1 aliphatic heterocycles. The van der Waals surface area contributed by atoms with Crippen molar-refractivity contribution in [3.63, 3.8) is 0 Å². The van der Waals surface area contributed by atoms with Gasteiger partial charge in [-0.15, -0.1) is 0 Å². The van der Waals surface area contributed by atoms with E-state index in [0.717, 1.165) is 4.90 Å². The topological polar surface area (TPSA) is 70.8 Å². The number of halogens is 3. The quantitative estimate of drug-likeness (QED) is 0.344. The van der Waals surface area contributed by atoms with Gasteiger partial charge in [0.1, 0.15) is 23.4 Å². The summed E-state index contributed by atoms with van der Waals surface area (Å²) >= 11 is 11.9. The minimum absolute atomic E-state index is 0.173. The number of ketones is 1. The monoisotopic (exact) mass is 431 g/mol. The number of carbonyl (C=O) groups excluding carboxylic acids is 2. The van der Waals surface area contributed by atoms with Crippen molar-refractivity contribution in [1.29, 1.82) is 0 Å². The molecule has 5 nitrogen and oxygen atoms in total. The van der Waals surface area contributed by atoms with Gasteiger partial charge in [-0.1, -0.05) is 23.2 Å². The van der Waals surface area contributed by atoms with E-state index in [0.29, 0.717) is 0 Å². The highest BCUT2D eigenvalue weighted by Crippen LogP contribution is 2.42. The van der Waals surface area contributed by atoms with Gasteiger partial charge < -0.3 is 9.52 Å². The van der Waals surface area contributed by atoms with E-state index >= 15 is 0 Å². The first kappa shape index (κ1) is 19.2. The summed E-state index contributed by atoms with van der Waals surface area (Å²) in [5.74, 6) is -2.43. The molecule has 1 aliphatic rings. The van der Waals surface area contributed by atoms with Gasteiger partial charge in [-0.2, -0.15) is 0 Å². The molecule has 1 unspecified atom stereocenters. The van der Waals surface area contributed by atoms with E-state index in [1.54, 1.807) is 12.1 Å². The molecule has 0 aliphatic carbocycles. The summed E-state index contributed by atoms with van der Waals surface area (Å²) in [5, 5.41) is 11.3. The average Bonchev–Trinajstić information content (AvgIpc) is 3.32. The molecule has 0 bridgehead atoms. The number of aliphatic hydroxyl groups is 1. The molecule has 1 aromatic heterocycles. The molecule has 4 rings (SSSR count). The maximum absolute atomic E-state index is 13.4. The molecule has 1 fully saturated rings. The summed E-state index contributed by atoms with van der Waals surface area (Å²) in [6.45, 7) is 0. The fourth-order valence-corrected chi connectivity index (χ4v) is 3.51. The number of carbonyl (C=O) groups is 2. The number of furan rings is 1. The number of nitrogens with zero attached hydrogens (tertiary/aromatic N) is 1. The Morgan fingerprint density at radius 2 is 1.76 bits per heavy atom. The minimum atomic E-state index is -1.04. The molecule has 1 saturated heterocycles. The van der Waals surface area contributed by atoms with Crippen molar-refractivity contribution in [1.82, 2.24) is 0 Å². The first-order valence-corrected chi connectivity index (χ1v) is 9.19. The van der Waals surface area contributed by atoms with Crippen molar-refractivity contribution in [2.24, 2.45) is 0 Å². The largest absolute Gasteiger partial charge is 0.507 e. The fraction of sp³-hybridized carbons (Fsp3) is 0.0476. The third-order valence-corrected chi connectivity index (χ3v) is 5.29. The SMILES string of the molecule is O=C1C(=O)N(c2ccc(F)cc2)C(c2ccco2)/C1=C(/O)c1ccc(Cl)c(Cl)c1. The van der Waals surface area contributed by atoms with Crippen molar-refractivity contribution in [3.8, 4) is 0 Å². The second kappa shape index (κ2) is 7.39. The van der Waals surface area contributed by atoms with E-state index in [1.165, 1.54) is 48.7 Å². The number of hydrogen-bond acceptors (Lipinski definition) is 4. The Balaban J connectivity index is 1.92. The van der Waals surface area contributed by atoms with Gasteiger partial charge in [0.25, 0.3) is 11.7 Å². The zero-order chi connectivity index (χ0) is 20.7. The number of aliphatic hydroxyl groups excluding tert-OH is 1. The smallest absolute Gasteiger partial charge is 0.300 e. The van der Waals surface area contributed by atoms with E-state index in [-0.39, 0.29) is 32.6 Å². The third kappa shape index (κ3) is 3.30. The normalized spacial score (nSPS) is 18.4. The van der Waals surface area contributed by atoms with Gasteiger partial charge >= 0.3 is 0 Å². The van der Waals surface area contributed by atoms with Crippen LogP contribution in [0.5, 0.6) is 0 Å². The number of benzene rings is 2. The number of rotatable bonds is 3. The highest BCUT2D eigenvalue weighted by atomic mass is 35.5. The lowest BCUT2D eigenvalue weighted by atomic mass is 9.99. The maximum Gasteiger partial charge on any atom is 0.300 e. The van der Waals surface area contributed by atoms with Crippen LogP contribution in [0, 0.1) is 5.82 Å². The number of anilines is 1. The molecule has 1 atom stereocenters. The van der Waals surface area contributed by atoms with Crippen LogP contribution in [0.4, 0.5) is 10.1 Å². The van der Waals surface area contributed by atoms with Crippen LogP contribution in [0.15, 0.2) is 70.9 Å². The van der Waals surface area contributed by atoms with Gasteiger partial charge in [-0.25, -0.2) is 4.39 Å². The van der Waals surface area contributed by atoms with Crippen LogP contribution in [0.1, 0.15) is 17.4 Å². The molecule has 29 heavy (non-hydrogen) atoms. The number of amides is 1. The molecule has 8 heteroatoms. The zero-order valence-corrected chi connectivity index (χ0v) is 16.1. The molecular weight excluding hydrogens is 420 g/mol. The lowest BCUT2D eigenvalue weighted by Crippen LogP contribution is -2.29. The molecule has 2 aromatic carbocycles. The van der Waals surface area contributed by atoms with Crippen LogP contribution < -0.4 is 4.90 Å². The predicted octanol–water partition coefficient (Wildman–Crippen LogP) is 5.35. The molecule has 0 radical (unpaired) electrons. The van der Waals surface area contributed by atoms with Crippen LogP contribution in [0.3, 0.4) is 0 Å². The predicted molar refractivity (Wildman–Crippen MR) is 106 cm³/mol. The highest BCUT2D eigenvalue weighted by molar-refractivity contribution is 6.51. The summed E-state index contributed by atoms with van der Waals surface area (Å²) in [6, 6.07) is 11.6. The van der Waals surface area contributed by atoms with E-state index in [4.69, 9.17) is 27.6 Å². The Bertz CT molecular complexity index is 1140. The summed E-state index contributed by atoms with van der Waals surface area (Å²) in [5.41, 5.74) is 0.323. The van der Waals surface area contributed by atoms with Crippen molar-refractivity contribution in [2.45, 2.75) is 6.04 Å². The minimum Gasteiger partial charge on any atom is -0.507 e. The Labute approximate surface area is 174 Å². The van der Waals surface area contributed by atoms with Crippen molar-refractivity contribution in [3.05, 3.63) is 93.6 Å². The Hall–Kier alpha value is -3.09. The summed E-state index contributed by atoms with van der Waals surface area (Å²) in [7, 11) is 0. The van der Waals surface area contributed by atoms with Crippen molar-refractivity contribution < 1.29 is 23.5 Å². The zero-order valence-electron chi connectivity index (χ0n) is 14.6. The Kier molecular flexibility index (Phi) is 4.90. The average molecular weight is 432 g/mol. The first-order chi connectivity index (χ1) is 13.9. The maximum atomic E-state index is 13.4. The van der Waals surface area contributed by atoms with Crippen LogP contribution in [-0.4, -0.2) is 16.8 Å². The van der Waals surface area contributed by atoms with Gasteiger partial charge in [0.15, 0.2) is 0 Å². The molecule has 1 amide bonds. The fourth-order valence-electron chi connectivity index (χ4n) is 3.22. The van der Waals surface area contributed by atoms with Crippen LogP contribution in [0.2, 0.25) is 10.0 Å². The third-order valence-electron chi connectivity index (χ3n) is 4.55. The van der Waals surface area contributed by atoms with E-state index in [9.17, 15) is 19.1 Å². The highest BCUT2D eigenvalue weighted by Gasteiger charge is 2.48. The van der Waals surface area contributed by atoms with E-state index < -0.39 is 29.3 Å². The number of Topliss-reactive ketones (excluding diaryl/α,β-unsaturated/α-hetero) is 1. The van der Waals surface area contributed by atoms with Crippen LogP contribution in [0.25, 0.3) is 5.76 Å². The summed E-state index contributed by atoms with van der Waals surface area (Å²) in [4.78, 5) is 26.8. The second-order valence-corrected chi connectivity index (χ2v) is 7.10. The molecule has 1 N–H and O–H groups in total. The molecule has 0 spiro atoms. The Morgan fingerprint density at radius 3 is 2.38 bits per heavy atom. The van der Waals surface area contributed by atoms with E-state index in [2.05, 4.69) is 0 Å². The van der Waals surface area contributed by atoms with Crippen molar-refractivity contribution >= 4 is 46.3 Å². The summed E-state index contributed by atoms with van der Waals surface area (Å²) in [6.07, 6.45) is 1.39. The van der Waals surface area contributed by atoms with Gasteiger partial charge in [-0.05, 0) is 54.6 Å².